The van der Waals surface area contributed by atoms with Crippen LogP contribution in [0.25, 0.3) is 21.9 Å². The molecule has 168 valence electrons. The first-order chi connectivity index (χ1) is 16.6. The van der Waals surface area contributed by atoms with Crippen LogP contribution in [0.2, 0.25) is 0 Å². The maximum absolute atomic E-state index is 12.5. The third kappa shape index (κ3) is 4.45. The molecule has 0 unspecified atom stereocenters. The highest BCUT2D eigenvalue weighted by Crippen LogP contribution is 2.20. The lowest BCUT2D eigenvalue weighted by atomic mass is 10.2. The molecule has 0 saturated carbocycles. The van der Waals surface area contributed by atoms with E-state index in [2.05, 4.69) is 21.1 Å². The van der Waals surface area contributed by atoms with Crippen LogP contribution in [0, 0.1) is 0 Å². The van der Waals surface area contributed by atoms with Gasteiger partial charge in [-0.25, -0.2) is 5.43 Å². The van der Waals surface area contributed by atoms with Crippen LogP contribution < -0.4 is 10.9 Å². The molecule has 0 aliphatic rings. The summed E-state index contributed by atoms with van der Waals surface area (Å²) in [4.78, 5) is 12.5. The topological polar surface area (TPSA) is 92.1 Å². The highest BCUT2D eigenvalue weighted by Gasteiger charge is 2.09. The lowest BCUT2D eigenvalue weighted by Crippen LogP contribution is -2.19. The minimum absolute atomic E-state index is 0.316. The van der Waals surface area contributed by atoms with Crippen molar-refractivity contribution in [2.24, 2.45) is 10.2 Å². The quantitative estimate of drug-likeness (QED) is 0.239. The molecule has 0 saturated heterocycles. The van der Waals surface area contributed by atoms with Crippen LogP contribution in [0.1, 0.15) is 35.7 Å². The van der Waals surface area contributed by atoms with E-state index in [9.17, 15) is 4.79 Å². The Labute approximate surface area is 195 Å². The van der Waals surface area contributed by atoms with E-state index in [1.807, 2.05) is 67.6 Å². The SMILES string of the molecule is CC(=NNC(=O)c1ccc(NN=C(C)c2cc3ccccc3o2)cc1)c1cc2ccccc2o1. The lowest BCUT2D eigenvalue weighted by Gasteiger charge is -2.04. The number of nitrogens with zero attached hydrogens (tertiary/aromatic N) is 2. The Hall–Kier alpha value is -4.65. The smallest absolute Gasteiger partial charge is 0.271 e. The van der Waals surface area contributed by atoms with E-state index in [0.29, 0.717) is 28.5 Å². The number of anilines is 1. The third-order valence-electron chi connectivity index (χ3n) is 5.39. The fraction of sp³-hybridized carbons (Fsp3) is 0.0741. The molecule has 2 aromatic heterocycles. The van der Waals surface area contributed by atoms with Crippen molar-refractivity contribution in [2.45, 2.75) is 13.8 Å². The summed E-state index contributed by atoms with van der Waals surface area (Å²) in [5.74, 6) is 0.991. The molecule has 1 amide bonds. The minimum atomic E-state index is -0.316. The molecular formula is C27H22N4O3. The number of para-hydroxylation sites is 2. The Morgan fingerprint density at radius 2 is 1.24 bits per heavy atom. The minimum Gasteiger partial charge on any atom is -0.455 e. The second-order valence-corrected chi connectivity index (χ2v) is 7.82. The van der Waals surface area contributed by atoms with Crippen LogP contribution in [-0.2, 0) is 0 Å². The normalized spacial score (nSPS) is 12.3. The number of benzene rings is 3. The van der Waals surface area contributed by atoms with E-state index in [-0.39, 0.29) is 5.91 Å². The zero-order valence-electron chi connectivity index (χ0n) is 18.7. The number of amides is 1. The molecule has 0 aliphatic carbocycles. The fourth-order valence-electron chi connectivity index (χ4n) is 3.47. The average molecular weight is 450 g/mol. The van der Waals surface area contributed by atoms with Crippen LogP contribution in [0.3, 0.4) is 0 Å². The number of hydrazone groups is 2. The predicted molar refractivity (Wildman–Crippen MR) is 134 cm³/mol. The standard InChI is InChI=1S/C27H22N4O3/c1-17(25-15-20-7-3-5-9-23(20)33-25)28-30-22-13-11-19(12-14-22)27(32)31-29-18(2)26-16-21-8-4-6-10-24(21)34-26/h3-16,30H,1-2H3,(H,31,32). The Kier molecular flexibility index (Phi) is 5.66. The van der Waals surface area contributed by atoms with Gasteiger partial charge in [0.2, 0.25) is 0 Å². The first-order valence-electron chi connectivity index (χ1n) is 10.8. The van der Waals surface area contributed by atoms with Crippen molar-refractivity contribution in [2.75, 3.05) is 5.43 Å². The second-order valence-electron chi connectivity index (χ2n) is 7.82. The molecule has 0 bridgehead atoms. The first kappa shape index (κ1) is 21.2. The van der Waals surface area contributed by atoms with Gasteiger partial charge in [-0.3, -0.25) is 10.2 Å². The molecule has 7 nitrogen and oxygen atoms in total. The number of carbonyl (C=O) groups is 1. The molecule has 2 heterocycles. The third-order valence-corrected chi connectivity index (χ3v) is 5.39. The summed E-state index contributed by atoms with van der Waals surface area (Å²) in [6.07, 6.45) is 0. The summed E-state index contributed by atoms with van der Waals surface area (Å²) in [5, 5.41) is 10.6. The van der Waals surface area contributed by atoms with Gasteiger partial charge in [-0.2, -0.15) is 10.2 Å². The largest absolute Gasteiger partial charge is 0.455 e. The predicted octanol–water partition coefficient (Wildman–Crippen LogP) is 6.17. The van der Waals surface area contributed by atoms with Crippen molar-refractivity contribution >= 4 is 45.0 Å². The zero-order valence-corrected chi connectivity index (χ0v) is 18.7. The average Bonchev–Trinajstić information content (AvgIpc) is 3.50. The zero-order chi connectivity index (χ0) is 23.5. The molecule has 2 N–H and O–H groups in total. The number of hydrogen-bond donors (Lipinski definition) is 2. The van der Waals surface area contributed by atoms with Crippen LogP contribution in [-0.4, -0.2) is 17.3 Å². The molecule has 5 aromatic rings. The Morgan fingerprint density at radius 1 is 0.706 bits per heavy atom. The van der Waals surface area contributed by atoms with Crippen LogP contribution in [0.5, 0.6) is 0 Å². The Bertz CT molecular complexity index is 1480. The van der Waals surface area contributed by atoms with Gasteiger partial charge in [0.15, 0.2) is 11.5 Å². The molecule has 0 atom stereocenters. The van der Waals surface area contributed by atoms with Crippen molar-refractivity contribution in [3.05, 3.63) is 102 Å². The highest BCUT2D eigenvalue weighted by atomic mass is 16.3. The summed E-state index contributed by atoms with van der Waals surface area (Å²) in [6, 6.07) is 26.3. The molecule has 0 fully saturated rings. The molecule has 3 aromatic carbocycles. The van der Waals surface area contributed by atoms with E-state index in [1.165, 1.54) is 0 Å². The van der Waals surface area contributed by atoms with Gasteiger partial charge in [-0.05, 0) is 62.4 Å². The van der Waals surface area contributed by atoms with E-state index in [0.717, 1.165) is 27.6 Å². The van der Waals surface area contributed by atoms with Crippen molar-refractivity contribution in [1.29, 1.82) is 0 Å². The summed E-state index contributed by atoms with van der Waals surface area (Å²) >= 11 is 0. The van der Waals surface area contributed by atoms with Gasteiger partial charge in [-0.15, -0.1) is 0 Å². The molecule has 0 aliphatic heterocycles. The van der Waals surface area contributed by atoms with Gasteiger partial charge in [-0.1, -0.05) is 36.4 Å². The van der Waals surface area contributed by atoms with Gasteiger partial charge < -0.3 is 8.83 Å². The Balaban J connectivity index is 1.22. The fourth-order valence-corrected chi connectivity index (χ4v) is 3.47. The molecule has 34 heavy (non-hydrogen) atoms. The lowest BCUT2D eigenvalue weighted by molar-refractivity contribution is 0.0955. The molecule has 0 spiro atoms. The number of fused-ring (bicyclic) bond motifs is 2. The number of hydrogen-bond acceptors (Lipinski definition) is 6. The maximum atomic E-state index is 12.5. The van der Waals surface area contributed by atoms with Crippen LogP contribution in [0.15, 0.2) is 104 Å². The highest BCUT2D eigenvalue weighted by molar-refractivity contribution is 6.02. The monoisotopic (exact) mass is 450 g/mol. The number of nitrogens with one attached hydrogen (secondary N) is 2. The van der Waals surface area contributed by atoms with Crippen molar-refractivity contribution in [1.82, 2.24) is 5.43 Å². The first-order valence-corrected chi connectivity index (χ1v) is 10.8. The second kappa shape index (κ2) is 9.07. The summed E-state index contributed by atoms with van der Waals surface area (Å²) in [6.45, 7) is 3.65. The summed E-state index contributed by atoms with van der Waals surface area (Å²) < 4.78 is 11.6. The van der Waals surface area contributed by atoms with E-state index < -0.39 is 0 Å². The summed E-state index contributed by atoms with van der Waals surface area (Å²) in [7, 11) is 0. The maximum Gasteiger partial charge on any atom is 0.271 e. The molecule has 0 radical (unpaired) electrons. The van der Waals surface area contributed by atoms with E-state index >= 15 is 0 Å². The Morgan fingerprint density at radius 3 is 1.79 bits per heavy atom. The molecule has 7 heteroatoms. The van der Waals surface area contributed by atoms with Crippen molar-refractivity contribution in [3.63, 3.8) is 0 Å². The number of carbonyl (C=O) groups excluding carboxylic acids is 1. The molecular weight excluding hydrogens is 428 g/mol. The van der Waals surface area contributed by atoms with Gasteiger partial charge >= 0.3 is 0 Å². The van der Waals surface area contributed by atoms with Crippen molar-refractivity contribution in [3.8, 4) is 0 Å². The van der Waals surface area contributed by atoms with E-state index in [1.54, 1.807) is 31.2 Å². The van der Waals surface area contributed by atoms with Crippen LogP contribution >= 0.6 is 0 Å². The van der Waals surface area contributed by atoms with Gasteiger partial charge in [0.1, 0.15) is 22.6 Å². The van der Waals surface area contributed by atoms with Crippen LogP contribution in [0.4, 0.5) is 5.69 Å². The van der Waals surface area contributed by atoms with Crippen molar-refractivity contribution < 1.29 is 13.6 Å². The number of rotatable bonds is 6. The van der Waals surface area contributed by atoms with Gasteiger partial charge in [0, 0.05) is 16.3 Å². The number of furan rings is 2. The van der Waals surface area contributed by atoms with Gasteiger partial charge in [0.05, 0.1) is 5.69 Å². The van der Waals surface area contributed by atoms with Gasteiger partial charge in [0.25, 0.3) is 5.91 Å². The van der Waals surface area contributed by atoms with E-state index in [4.69, 9.17) is 8.83 Å². The summed E-state index contributed by atoms with van der Waals surface area (Å²) in [5.41, 5.74) is 9.68. The molecule has 5 rings (SSSR count).